The van der Waals surface area contributed by atoms with Crippen LogP contribution in [0.25, 0.3) is 10.9 Å². The van der Waals surface area contributed by atoms with Crippen LogP contribution in [0, 0.1) is 6.92 Å². The molecule has 2 heterocycles. The second-order valence-corrected chi connectivity index (χ2v) is 6.85. The molecule has 3 aromatic rings. The first-order valence-corrected chi connectivity index (χ1v) is 8.81. The van der Waals surface area contributed by atoms with Crippen LogP contribution < -0.4 is 10.2 Å². The lowest BCUT2D eigenvalue weighted by atomic mass is 9.98. The lowest BCUT2D eigenvalue weighted by molar-refractivity contribution is -0.154. The minimum atomic E-state index is -4.43. The predicted molar refractivity (Wildman–Crippen MR) is 99.7 cm³/mol. The Labute approximate surface area is 159 Å². The van der Waals surface area contributed by atoms with Crippen molar-refractivity contribution in [3.8, 4) is 5.88 Å². The summed E-state index contributed by atoms with van der Waals surface area (Å²) in [5.41, 5.74) is 2.90. The van der Waals surface area contributed by atoms with Crippen molar-refractivity contribution in [1.82, 2.24) is 14.8 Å². The van der Waals surface area contributed by atoms with Crippen LogP contribution in [0.3, 0.4) is 0 Å². The third-order valence-electron chi connectivity index (χ3n) is 4.46. The van der Waals surface area contributed by atoms with Gasteiger partial charge < -0.3 is 9.30 Å². The maximum Gasteiger partial charge on any atom is 0.422 e. The number of para-hydroxylation sites is 1. The molecule has 0 spiro atoms. The first-order chi connectivity index (χ1) is 13.2. The van der Waals surface area contributed by atoms with Gasteiger partial charge >= 0.3 is 6.18 Å². The van der Waals surface area contributed by atoms with Gasteiger partial charge in [-0.05, 0) is 31.0 Å². The molecule has 0 aliphatic heterocycles. The Morgan fingerprint density at radius 1 is 1.11 bits per heavy atom. The molecule has 148 valence electrons. The zero-order valence-electron chi connectivity index (χ0n) is 15.7. The summed E-state index contributed by atoms with van der Waals surface area (Å²) in [6.07, 6.45) is -4.43. The van der Waals surface area contributed by atoms with Crippen molar-refractivity contribution in [3.05, 3.63) is 63.6 Å². The van der Waals surface area contributed by atoms with Gasteiger partial charge in [0.1, 0.15) is 0 Å². The monoisotopic (exact) mass is 391 g/mol. The zero-order chi connectivity index (χ0) is 20.5. The lowest BCUT2D eigenvalue weighted by Crippen LogP contribution is -2.21. The first-order valence-electron chi connectivity index (χ1n) is 8.81. The molecule has 0 unspecified atom stereocenters. The van der Waals surface area contributed by atoms with E-state index in [1.165, 1.54) is 6.07 Å². The number of hydrogen-bond acceptors (Lipinski definition) is 4. The molecule has 1 aromatic carbocycles. The summed E-state index contributed by atoms with van der Waals surface area (Å²) >= 11 is 0. The zero-order valence-corrected chi connectivity index (χ0v) is 15.7. The molecule has 0 saturated carbocycles. The van der Waals surface area contributed by atoms with Gasteiger partial charge in [-0.1, -0.05) is 26.0 Å². The highest BCUT2D eigenvalue weighted by molar-refractivity contribution is 5.80. The molecule has 28 heavy (non-hydrogen) atoms. The van der Waals surface area contributed by atoms with Crippen LogP contribution in [0.2, 0.25) is 0 Å². The van der Waals surface area contributed by atoms with E-state index < -0.39 is 12.8 Å². The molecule has 0 fully saturated rings. The molecular formula is C20H20F3N3O2. The molecule has 0 bridgehead atoms. The van der Waals surface area contributed by atoms with E-state index in [-0.39, 0.29) is 17.2 Å². The molecule has 0 aliphatic carbocycles. The van der Waals surface area contributed by atoms with Crippen molar-refractivity contribution < 1.29 is 17.9 Å². The van der Waals surface area contributed by atoms with E-state index in [0.29, 0.717) is 17.6 Å². The normalized spacial score (nSPS) is 12.0. The van der Waals surface area contributed by atoms with E-state index in [2.05, 4.69) is 14.9 Å². The smallest absolute Gasteiger partial charge is 0.422 e. The number of halogens is 3. The van der Waals surface area contributed by atoms with Gasteiger partial charge in [0, 0.05) is 22.7 Å². The molecular weight excluding hydrogens is 371 g/mol. The van der Waals surface area contributed by atoms with E-state index in [9.17, 15) is 18.0 Å². The predicted octanol–water partition coefficient (Wildman–Crippen LogP) is 4.21. The summed E-state index contributed by atoms with van der Waals surface area (Å²) in [6, 6.07) is 10.3. The van der Waals surface area contributed by atoms with Crippen LogP contribution in [-0.4, -0.2) is 27.5 Å². The van der Waals surface area contributed by atoms with Gasteiger partial charge in [-0.2, -0.15) is 13.2 Å². The minimum absolute atomic E-state index is 0.0151. The summed E-state index contributed by atoms with van der Waals surface area (Å²) in [4.78, 5) is 12.8. The quantitative estimate of drug-likeness (QED) is 0.654. The number of hydrogen-bond donors (Lipinski definition) is 0. The highest BCUT2D eigenvalue weighted by Gasteiger charge is 2.28. The fraction of sp³-hybridized carbons (Fsp3) is 0.350. The number of benzene rings is 1. The molecule has 3 rings (SSSR count). The molecule has 0 N–H and O–H groups in total. The number of ether oxygens (including phenoxy) is 1. The first kappa shape index (κ1) is 19.9. The Hall–Kier alpha value is -2.90. The summed E-state index contributed by atoms with van der Waals surface area (Å²) in [7, 11) is 0. The Balaban J connectivity index is 1.97. The fourth-order valence-electron chi connectivity index (χ4n) is 3.25. The Bertz CT molecular complexity index is 1040. The average molecular weight is 391 g/mol. The maximum absolute atomic E-state index is 12.8. The van der Waals surface area contributed by atoms with Gasteiger partial charge in [-0.25, -0.2) is 0 Å². The van der Waals surface area contributed by atoms with Gasteiger partial charge in [-0.15, -0.1) is 10.2 Å². The van der Waals surface area contributed by atoms with Gasteiger partial charge in [0.2, 0.25) is 5.88 Å². The largest absolute Gasteiger partial charge is 0.467 e. The van der Waals surface area contributed by atoms with Crippen LogP contribution in [0.4, 0.5) is 13.2 Å². The molecule has 2 aromatic heterocycles. The average Bonchev–Trinajstić information content (AvgIpc) is 2.63. The second-order valence-electron chi connectivity index (χ2n) is 6.85. The van der Waals surface area contributed by atoms with Crippen LogP contribution >= 0.6 is 0 Å². The van der Waals surface area contributed by atoms with Crippen molar-refractivity contribution in [2.75, 3.05) is 6.61 Å². The third-order valence-corrected chi connectivity index (χ3v) is 4.46. The van der Waals surface area contributed by atoms with Crippen molar-refractivity contribution in [2.45, 2.75) is 39.4 Å². The van der Waals surface area contributed by atoms with Gasteiger partial charge in [-0.3, -0.25) is 4.79 Å². The second kappa shape index (κ2) is 7.61. The van der Waals surface area contributed by atoms with E-state index in [1.807, 2.05) is 43.5 Å². The molecule has 0 aliphatic rings. The molecule has 0 radical (unpaired) electrons. The van der Waals surface area contributed by atoms with Crippen LogP contribution in [0.5, 0.6) is 5.88 Å². The van der Waals surface area contributed by atoms with Gasteiger partial charge in [0.05, 0.1) is 17.8 Å². The standard InChI is InChI=1S/C20H20F3N3O2/c1-12(2)18-13(3)26(16-7-5-4-6-15(16)19(18)27)10-14-8-9-17(25-24-14)28-11-20(21,22)23/h4-9,12H,10-11H2,1-3H3. The van der Waals surface area contributed by atoms with Crippen molar-refractivity contribution >= 4 is 10.9 Å². The van der Waals surface area contributed by atoms with Crippen LogP contribution in [-0.2, 0) is 6.54 Å². The van der Waals surface area contributed by atoms with Crippen molar-refractivity contribution in [1.29, 1.82) is 0 Å². The molecule has 0 atom stereocenters. The summed E-state index contributed by atoms with van der Waals surface area (Å²) in [5.74, 6) is -0.141. The number of pyridine rings is 1. The van der Waals surface area contributed by atoms with E-state index in [0.717, 1.165) is 16.8 Å². The van der Waals surface area contributed by atoms with Gasteiger partial charge in [0.25, 0.3) is 0 Å². The van der Waals surface area contributed by atoms with Gasteiger partial charge in [0.15, 0.2) is 12.0 Å². The van der Waals surface area contributed by atoms with Crippen molar-refractivity contribution in [3.63, 3.8) is 0 Å². The third kappa shape index (κ3) is 4.16. The summed E-state index contributed by atoms with van der Waals surface area (Å²) < 4.78 is 43.3. The Kier molecular flexibility index (Phi) is 5.40. The molecule has 5 nitrogen and oxygen atoms in total. The molecule has 0 amide bonds. The topological polar surface area (TPSA) is 57.0 Å². The van der Waals surface area contributed by atoms with Crippen LogP contribution in [0.1, 0.15) is 36.7 Å². The lowest BCUT2D eigenvalue weighted by Gasteiger charge is -2.19. The maximum atomic E-state index is 12.8. The van der Waals surface area contributed by atoms with Crippen molar-refractivity contribution in [2.24, 2.45) is 0 Å². The SMILES string of the molecule is Cc1c(C(C)C)c(=O)c2ccccc2n1Cc1ccc(OCC(F)(F)F)nn1. The van der Waals surface area contributed by atoms with E-state index in [1.54, 1.807) is 12.1 Å². The highest BCUT2D eigenvalue weighted by Crippen LogP contribution is 2.22. The number of nitrogens with zero attached hydrogens (tertiary/aromatic N) is 3. The summed E-state index contributed by atoms with van der Waals surface area (Å²) in [5, 5.41) is 8.31. The number of rotatable bonds is 5. The summed E-state index contributed by atoms with van der Waals surface area (Å²) in [6.45, 7) is 4.74. The Morgan fingerprint density at radius 3 is 2.43 bits per heavy atom. The molecule has 0 saturated heterocycles. The highest BCUT2D eigenvalue weighted by atomic mass is 19.4. The van der Waals surface area contributed by atoms with E-state index >= 15 is 0 Å². The van der Waals surface area contributed by atoms with E-state index in [4.69, 9.17) is 0 Å². The number of aromatic nitrogens is 3. The number of fused-ring (bicyclic) bond motifs is 1. The Morgan fingerprint density at radius 2 is 1.82 bits per heavy atom. The van der Waals surface area contributed by atoms with Crippen LogP contribution in [0.15, 0.2) is 41.2 Å². The minimum Gasteiger partial charge on any atom is -0.467 e. The molecule has 8 heteroatoms. The fourth-order valence-corrected chi connectivity index (χ4v) is 3.25. The number of alkyl halides is 3.